The van der Waals surface area contributed by atoms with Gasteiger partial charge in [-0.3, -0.25) is 0 Å². The Balaban J connectivity index is 1.43. The minimum Gasteiger partial charge on any atom is -0.494 e. The third-order valence-electron chi connectivity index (χ3n) is 6.11. The quantitative estimate of drug-likeness (QED) is 0.429. The summed E-state index contributed by atoms with van der Waals surface area (Å²) >= 11 is 0. The summed E-state index contributed by atoms with van der Waals surface area (Å²) in [4.78, 5) is 0. The number of rotatable bonds is 9. The predicted octanol–water partition coefficient (Wildman–Crippen LogP) is 7.35. The molecular weight excluding hydrogens is 342 g/mol. The van der Waals surface area contributed by atoms with E-state index >= 15 is 0 Å². The second-order valence-electron chi connectivity index (χ2n) is 8.11. The summed E-state index contributed by atoms with van der Waals surface area (Å²) in [6, 6.07) is 19.2. The Kier molecular flexibility index (Phi) is 7.97. The molecule has 0 spiro atoms. The SMILES string of the molecule is CCCCCCCOc1ccc([C@H]2CC[C@H](c3ccc(C#N)cc3)CC2)cc1. The van der Waals surface area contributed by atoms with Crippen LogP contribution in [-0.2, 0) is 0 Å². The molecule has 0 N–H and O–H groups in total. The molecule has 0 atom stereocenters. The fourth-order valence-electron chi connectivity index (χ4n) is 4.32. The van der Waals surface area contributed by atoms with Crippen LogP contribution in [0.25, 0.3) is 0 Å². The summed E-state index contributed by atoms with van der Waals surface area (Å²) in [5, 5.41) is 8.95. The van der Waals surface area contributed by atoms with E-state index in [1.54, 1.807) is 0 Å². The van der Waals surface area contributed by atoms with Crippen molar-refractivity contribution in [3.8, 4) is 11.8 Å². The molecule has 0 aliphatic heterocycles. The van der Waals surface area contributed by atoms with Crippen molar-refractivity contribution in [2.45, 2.75) is 76.5 Å². The largest absolute Gasteiger partial charge is 0.494 e. The zero-order valence-electron chi connectivity index (χ0n) is 17.2. The molecule has 1 aliphatic rings. The van der Waals surface area contributed by atoms with Crippen LogP contribution in [0, 0.1) is 11.3 Å². The van der Waals surface area contributed by atoms with E-state index in [-0.39, 0.29) is 0 Å². The number of nitrogens with zero attached hydrogens (tertiary/aromatic N) is 1. The summed E-state index contributed by atoms with van der Waals surface area (Å²) in [6.45, 7) is 3.08. The van der Waals surface area contributed by atoms with Gasteiger partial charge in [-0.2, -0.15) is 5.26 Å². The predicted molar refractivity (Wildman–Crippen MR) is 116 cm³/mol. The standard InChI is InChI=1S/C26H33NO/c1-2-3-4-5-6-19-28-26-17-15-25(16-18-26)24-13-11-23(12-14-24)22-9-7-21(20-27)8-10-22/h7-10,15-18,23-24H,2-6,11-14,19H2,1H3/t23-,24-. The van der Waals surface area contributed by atoms with E-state index in [2.05, 4.69) is 49.4 Å². The van der Waals surface area contributed by atoms with E-state index in [1.807, 2.05) is 12.1 Å². The topological polar surface area (TPSA) is 33.0 Å². The van der Waals surface area contributed by atoms with Gasteiger partial charge in [0.2, 0.25) is 0 Å². The van der Waals surface area contributed by atoms with Crippen LogP contribution in [0.5, 0.6) is 5.75 Å². The molecule has 1 aliphatic carbocycles. The molecule has 148 valence electrons. The molecule has 2 aromatic rings. The summed E-state index contributed by atoms with van der Waals surface area (Å²) < 4.78 is 5.90. The number of hydrogen-bond donors (Lipinski definition) is 0. The van der Waals surface area contributed by atoms with E-state index in [1.165, 1.54) is 62.5 Å². The lowest BCUT2D eigenvalue weighted by Gasteiger charge is -2.29. The lowest BCUT2D eigenvalue weighted by atomic mass is 9.76. The summed E-state index contributed by atoms with van der Waals surface area (Å²) in [7, 11) is 0. The summed E-state index contributed by atoms with van der Waals surface area (Å²) in [5.41, 5.74) is 3.59. The van der Waals surface area contributed by atoms with E-state index < -0.39 is 0 Å². The van der Waals surface area contributed by atoms with Crippen molar-refractivity contribution in [3.05, 3.63) is 65.2 Å². The first-order valence-electron chi connectivity index (χ1n) is 11.0. The molecule has 0 bridgehead atoms. The highest BCUT2D eigenvalue weighted by atomic mass is 16.5. The van der Waals surface area contributed by atoms with Gasteiger partial charge in [0.15, 0.2) is 0 Å². The lowest BCUT2D eigenvalue weighted by molar-refractivity contribution is 0.304. The van der Waals surface area contributed by atoms with Gasteiger partial charge in [-0.25, -0.2) is 0 Å². The maximum atomic E-state index is 8.95. The second kappa shape index (κ2) is 10.9. The molecule has 1 fully saturated rings. The van der Waals surface area contributed by atoms with Gasteiger partial charge in [0.25, 0.3) is 0 Å². The lowest BCUT2D eigenvalue weighted by Crippen LogP contribution is -2.12. The molecule has 2 nitrogen and oxygen atoms in total. The van der Waals surface area contributed by atoms with Gasteiger partial charge in [0.1, 0.15) is 5.75 Å². The minimum atomic E-state index is 0.638. The number of nitriles is 1. The van der Waals surface area contributed by atoms with Crippen LogP contribution in [0.4, 0.5) is 0 Å². The van der Waals surface area contributed by atoms with Gasteiger partial charge in [-0.15, -0.1) is 0 Å². The Bertz CT molecular complexity index is 733. The average molecular weight is 376 g/mol. The van der Waals surface area contributed by atoms with Gasteiger partial charge in [0, 0.05) is 0 Å². The molecular formula is C26H33NO. The van der Waals surface area contributed by atoms with Gasteiger partial charge in [-0.1, -0.05) is 56.9 Å². The second-order valence-corrected chi connectivity index (χ2v) is 8.11. The first-order chi connectivity index (χ1) is 13.8. The van der Waals surface area contributed by atoms with Crippen molar-refractivity contribution in [1.82, 2.24) is 0 Å². The van der Waals surface area contributed by atoms with E-state index in [0.717, 1.165) is 24.3 Å². The van der Waals surface area contributed by atoms with Crippen LogP contribution in [0.2, 0.25) is 0 Å². The fraction of sp³-hybridized carbons (Fsp3) is 0.500. The molecule has 0 aromatic heterocycles. The Morgan fingerprint density at radius 1 is 0.786 bits per heavy atom. The van der Waals surface area contributed by atoms with Crippen LogP contribution < -0.4 is 4.74 Å². The van der Waals surface area contributed by atoms with Crippen molar-refractivity contribution in [1.29, 1.82) is 5.26 Å². The van der Waals surface area contributed by atoms with Crippen molar-refractivity contribution in [2.24, 2.45) is 0 Å². The van der Waals surface area contributed by atoms with Crippen LogP contribution >= 0.6 is 0 Å². The van der Waals surface area contributed by atoms with E-state index in [9.17, 15) is 0 Å². The fourth-order valence-corrected chi connectivity index (χ4v) is 4.32. The Morgan fingerprint density at radius 2 is 1.32 bits per heavy atom. The zero-order chi connectivity index (χ0) is 19.6. The van der Waals surface area contributed by atoms with E-state index in [4.69, 9.17) is 10.00 Å². The summed E-state index contributed by atoms with van der Waals surface area (Å²) in [6.07, 6.45) is 11.3. The molecule has 1 saturated carbocycles. The molecule has 3 rings (SSSR count). The highest BCUT2D eigenvalue weighted by molar-refractivity contribution is 5.34. The number of unbranched alkanes of at least 4 members (excludes halogenated alkanes) is 4. The molecule has 0 unspecified atom stereocenters. The third kappa shape index (κ3) is 5.86. The van der Waals surface area contributed by atoms with E-state index in [0.29, 0.717) is 11.8 Å². The van der Waals surface area contributed by atoms with Crippen molar-refractivity contribution >= 4 is 0 Å². The number of hydrogen-bond acceptors (Lipinski definition) is 2. The number of ether oxygens (including phenoxy) is 1. The molecule has 0 radical (unpaired) electrons. The van der Waals surface area contributed by atoms with Gasteiger partial charge in [0.05, 0.1) is 18.2 Å². The van der Waals surface area contributed by atoms with Crippen LogP contribution in [0.1, 0.15) is 93.2 Å². The first-order valence-corrected chi connectivity index (χ1v) is 11.0. The summed E-state index contributed by atoms with van der Waals surface area (Å²) in [5.74, 6) is 2.31. The molecule has 0 amide bonds. The molecule has 2 aromatic carbocycles. The minimum absolute atomic E-state index is 0.638. The van der Waals surface area contributed by atoms with Crippen LogP contribution in [-0.4, -0.2) is 6.61 Å². The maximum absolute atomic E-state index is 8.95. The van der Waals surface area contributed by atoms with Gasteiger partial charge < -0.3 is 4.74 Å². The number of benzene rings is 2. The smallest absolute Gasteiger partial charge is 0.119 e. The molecule has 0 heterocycles. The molecule has 0 saturated heterocycles. The van der Waals surface area contributed by atoms with Crippen molar-refractivity contribution < 1.29 is 4.74 Å². The van der Waals surface area contributed by atoms with Crippen LogP contribution in [0.15, 0.2) is 48.5 Å². The first kappa shape index (κ1) is 20.5. The van der Waals surface area contributed by atoms with Crippen molar-refractivity contribution in [3.63, 3.8) is 0 Å². The Morgan fingerprint density at radius 3 is 1.86 bits per heavy atom. The average Bonchev–Trinajstić information content (AvgIpc) is 2.77. The maximum Gasteiger partial charge on any atom is 0.119 e. The Hall–Kier alpha value is -2.27. The third-order valence-corrected chi connectivity index (χ3v) is 6.11. The van der Waals surface area contributed by atoms with Gasteiger partial charge in [-0.05, 0) is 79.3 Å². The highest BCUT2D eigenvalue weighted by Crippen LogP contribution is 2.40. The molecule has 28 heavy (non-hydrogen) atoms. The molecule has 2 heteroatoms. The Labute approximate surface area is 170 Å². The van der Waals surface area contributed by atoms with Gasteiger partial charge >= 0.3 is 0 Å². The van der Waals surface area contributed by atoms with Crippen molar-refractivity contribution in [2.75, 3.05) is 6.61 Å². The van der Waals surface area contributed by atoms with Crippen LogP contribution in [0.3, 0.4) is 0 Å². The monoisotopic (exact) mass is 375 g/mol. The normalized spacial score (nSPS) is 19.1. The highest BCUT2D eigenvalue weighted by Gasteiger charge is 2.23. The zero-order valence-corrected chi connectivity index (χ0v) is 17.2.